The number of ketones is 1. The van der Waals surface area contributed by atoms with Crippen molar-refractivity contribution in [1.82, 2.24) is 4.57 Å². The maximum atomic E-state index is 12.8. The van der Waals surface area contributed by atoms with Crippen molar-refractivity contribution < 1.29 is 14.3 Å². The molecule has 3 rings (SSSR count). The van der Waals surface area contributed by atoms with Crippen LogP contribution >= 0.6 is 11.6 Å². The molecule has 0 amide bonds. The van der Waals surface area contributed by atoms with Crippen LogP contribution in [0.15, 0.2) is 30.3 Å². The lowest BCUT2D eigenvalue weighted by Gasteiger charge is -2.07. The highest BCUT2D eigenvalue weighted by molar-refractivity contribution is 6.35. The standard InChI is InChI=1S/C18H14ClNO3/c1-3-11-4-6-12(7-5-11)17(21)16-14(19)10-15-13(18(22)23-2)8-9-20(15)16/h1,4-7,10,13H,8-9H2,2H3. The Morgan fingerprint density at radius 3 is 2.65 bits per heavy atom. The lowest BCUT2D eigenvalue weighted by molar-refractivity contribution is -0.142. The van der Waals surface area contributed by atoms with Gasteiger partial charge in [0.25, 0.3) is 0 Å². The van der Waals surface area contributed by atoms with Gasteiger partial charge in [-0.05, 0) is 36.8 Å². The number of carbonyl (C=O) groups is 2. The van der Waals surface area contributed by atoms with Gasteiger partial charge in [-0.25, -0.2) is 0 Å². The van der Waals surface area contributed by atoms with Gasteiger partial charge in [-0.1, -0.05) is 17.5 Å². The molecule has 1 unspecified atom stereocenters. The highest BCUT2D eigenvalue weighted by Crippen LogP contribution is 2.36. The summed E-state index contributed by atoms with van der Waals surface area (Å²) in [6.07, 6.45) is 5.93. The molecule has 116 valence electrons. The number of halogens is 1. The van der Waals surface area contributed by atoms with Crippen molar-refractivity contribution in [2.75, 3.05) is 7.11 Å². The van der Waals surface area contributed by atoms with E-state index in [4.69, 9.17) is 22.8 Å². The number of esters is 1. The van der Waals surface area contributed by atoms with E-state index in [1.807, 2.05) is 0 Å². The van der Waals surface area contributed by atoms with Crippen LogP contribution in [-0.2, 0) is 16.1 Å². The largest absolute Gasteiger partial charge is 0.469 e. The number of methoxy groups -OCH3 is 1. The van der Waals surface area contributed by atoms with Gasteiger partial charge in [0, 0.05) is 23.4 Å². The van der Waals surface area contributed by atoms with E-state index in [9.17, 15) is 9.59 Å². The van der Waals surface area contributed by atoms with Crippen LogP contribution in [0.5, 0.6) is 0 Å². The van der Waals surface area contributed by atoms with Crippen molar-refractivity contribution >= 4 is 23.4 Å². The minimum absolute atomic E-state index is 0.185. The first kappa shape index (κ1) is 15.4. The highest BCUT2D eigenvalue weighted by Gasteiger charge is 2.34. The maximum absolute atomic E-state index is 12.8. The number of carbonyl (C=O) groups excluding carboxylic acids is 2. The summed E-state index contributed by atoms with van der Waals surface area (Å²) in [6, 6.07) is 8.47. The van der Waals surface area contributed by atoms with Gasteiger partial charge in [-0.2, -0.15) is 0 Å². The number of hydrogen-bond donors (Lipinski definition) is 0. The monoisotopic (exact) mass is 327 g/mol. The number of rotatable bonds is 3. The molecule has 1 aromatic carbocycles. The van der Waals surface area contributed by atoms with Crippen LogP contribution < -0.4 is 0 Å². The Morgan fingerprint density at radius 1 is 1.35 bits per heavy atom. The highest BCUT2D eigenvalue weighted by atomic mass is 35.5. The third-order valence-electron chi connectivity index (χ3n) is 4.10. The third-order valence-corrected chi connectivity index (χ3v) is 4.38. The summed E-state index contributed by atoms with van der Waals surface area (Å²) in [5, 5.41) is 0.347. The Kier molecular flexibility index (Phi) is 3.97. The zero-order valence-corrected chi connectivity index (χ0v) is 13.3. The molecule has 1 atom stereocenters. The van der Waals surface area contributed by atoms with Crippen molar-refractivity contribution in [3.63, 3.8) is 0 Å². The molecule has 1 aliphatic rings. The van der Waals surface area contributed by atoms with Crippen LogP contribution in [0.3, 0.4) is 0 Å². The summed E-state index contributed by atoms with van der Waals surface area (Å²) < 4.78 is 6.62. The molecular formula is C18H14ClNO3. The molecule has 0 spiro atoms. The summed E-state index contributed by atoms with van der Waals surface area (Å²) in [5.41, 5.74) is 2.35. The van der Waals surface area contributed by atoms with Gasteiger partial charge in [0.15, 0.2) is 0 Å². The lowest BCUT2D eigenvalue weighted by atomic mass is 10.0. The summed E-state index contributed by atoms with van der Waals surface area (Å²) in [7, 11) is 1.36. The molecular weight excluding hydrogens is 314 g/mol. The zero-order valence-electron chi connectivity index (χ0n) is 12.5. The number of terminal acetylenes is 1. The number of benzene rings is 1. The van der Waals surface area contributed by atoms with Crippen molar-refractivity contribution in [3.8, 4) is 12.3 Å². The number of ether oxygens (including phenoxy) is 1. The van der Waals surface area contributed by atoms with Gasteiger partial charge in [0.2, 0.25) is 5.78 Å². The van der Waals surface area contributed by atoms with E-state index in [-0.39, 0.29) is 17.7 Å². The van der Waals surface area contributed by atoms with E-state index in [1.54, 1.807) is 34.9 Å². The van der Waals surface area contributed by atoms with Gasteiger partial charge in [-0.3, -0.25) is 9.59 Å². The zero-order chi connectivity index (χ0) is 16.6. The topological polar surface area (TPSA) is 48.3 Å². The fourth-order valence-corrected chi connectivity index (χ4v) is 3.24. The second kappa shape index (κ2) is 5.94. The summed E-state index contributed by atoms with van der Waals surface area (Å²) in [5.74, 6) is 1.64. The molecule has 1 aliphatic heterocycles. The van der Waals surface area contributed by atoms with Gasteiger partial charge in [0.05, 0.1) is 18.1 Å². The number of fused-ring (bicyclic) bond motifs is 1. The Labute approximate surface area is 139 Å². The van der Waals surface area contributed by atoms with Crippen molar-refractivity contribution in [1.29, 1.82) is 0 Å². The molecule has 0 saturated heterocycles. The Bertz CT molecular complexity index is 827. The number of aromatic nitrogens is 1. The van der Waals surface area contributed by atoms with Crippen LogP contribution in [0.4, 0.5) is 0 Å². The van der Waals surface area contributed by atoms with Gasteiger partial charge in [0.1, 0.15) is 5.69 Å². The Morgan fingerprint density at radius 2 is 2.04 bits per heavy atom. The smallest absolute Gasteiger partial charge is 0.314 e. The predicted molar refractivity (Wildman–Crippen MR) is 86.6 cm³/mol. The summed E-state index contributed by atoms with van der Waals surface area (Å²) in [4.78, 5) is 24.6. The second-order valence-electron chi connectivity index (χ2n) is 5.33. The van der Waals surface area contributed by atoms with E-state index in [0.717, 1.165) is 5.69 Å². The van der Waals surface area contributed by atoms with Crippen LogP contribution in [0.1, 0.15) is 39.6 Å². The van der Waals surface area contributed by atoms with Gasteiger partial charge < -0.3 is 9.30 Å². The Balaban J connectivity index is 2.00. The van der Waals surface area contributed by atoms with Crippen molar-refractivity contribution in [3.05, 3.63) is 57.9 Å². The second-order valence-corrected chi connectivity index (χ2v) is 5.74. The maximum Gasteiger partial charge on any atom is 0.314 e. The van der Waals surface area contributed by atoms with Gasteiger partial charge in [-0.15, -0.1) is 6.42 Å². The average molecular weight is 328 g/mol. The molecule has 0 fully saturated rings. The van der Waals surface area contributed by atoms with E-state index >= 15 is 0 Å². The first-order chi connectivity index (χ1) is 11.1. The molecule has 0 N–H and O–H groups in total. The molecule has 4 nitrogen and oxygen atoms in total. The first-order valence-electron chi connectivity index (χ1n) is 7.15. The summed E-state index contributed by atoms with van der Waals surface area (Å²) in [6.45, 7) is 0.561. The molecule has 23 heavy (non-hydrogen) atoms. The molecule has 5 heteroatoms. The number of nitrogens with zero attached hydrogens (tertiary/aromatic N) is 1. The third kappa shape index (κ3) is 2.54. The Hall–Kier alpha value is -2.51. The molecule has 2 heterocycles. The molecule has 0 radical (unpaired) electrons. The van der Waals surface area contributed by atoms with Crippen molar-refractivity contribution in [2.24, 2.45) is 0 Å². The van der Waals surface area contributed by atoms with Crippen LogP contribution in [0, 0.1) is 12.3 Å². The normalized spacial score (nSPS) is 15.8. The minimum atomic E-state index is -0.372. The number of hydrogen-bond acceptors (Lipinski definition) is 3. The van der Waals surface area contributed by atoms with Crippen LogP contribution in [-0.4, -0.2) is 23.4 Å². The molecule has 0 aliphatic carbocycles. The quantitative estimate of drug-likeness (QED) is 0.494. The SMILES string of the molecule is C#Cc1ccc(C(=O)c2c(Cl)cc3n2CCC3C(=O)OC)cc1. The van der Waals surface area contributed by atoms with E-state index in [1.165, 1.54) is 7.11 Å². The van der Waals surface area contributed by atoms with Gasteiger partial charge >= 0.3 is 5.97 Å². The van der Waals surface area contributed by atoms with Crippen molar-refractivity contribution in [2.45, 2.75) is 18.9 Å². The van der Waals surface area contributed by atoms with Crippen LogP contribution in [0.2, 0.25) is 5.02 Å². The lowest BCUT2D eigenvalue weighted by Crippen LogP contribution is -2.11. The van der Waals surface area contributed by atoms with Crippen LogP contribution in [0.25, 0.3) is 0 Å². The average Bonchev–Trinajstić information content (AvgIpc) is 3.11. The molecule has 2 aromatic rings. The molecule has 1 aromatic heterocycles. The first-order valence-corrected chi connectivity index (χ1v) is 7.52. The summed E-state index contributed by atoms with van der Waals surface area (Å²) >= 11 is 6.25. The predicted octanol–water partition coefficient (Wildman–Crippen LogP) is 3.01. The van der Waals surface area contributed by atoms with E-state index < -0.39 is 0 Å². The fourth-order valence-electron chi connectivity index (χ4n) is 2.94. The molecule has 0 bridgehead atoms. The van der Waals surface area contributed by atoms with E-state index in [2.05, 4.69) is 5.92 Å². The van der Waals surface area contributed by atoms with E-state index in [0.29, 0.717) is 34.8 Å². The minimum Gasteiger partial charge on any atom is -0.469 e. The fraction of sp³-hybridized carbons (Fsp3) is 0.222. The molecule has 0 saturated carbocycles.